The standard InChI is InChI=1S/C18H29NO2/c1-2-16-7-9-18(10-8-16)21-14-5-13-20-15-11-17-6-3-4-12-19-17/h7-10,17,19H,2-6,11-15H2,1H3. The second kappa shape index (κ2) is 9.80. The first-order chi connectivity index (χ1) is 10.4. The molecule has 0 aliphatic carbocycles. The van der Waals surface area contributed by atoms with Gasteiger partial charge in [-0.3, -0.25) is 0 Å². The summed E-state index contributed by atoms with van der Waals surface area (Å²) in [4.78, 5) is 0. The van der Waals surface area contributed by atoms with Crippen LogP contribution in [0, 0.1) is 0 Å². The van der Waals surface area contributed by atoms with Crippen LogP contribution in [0.5, 0.6) is 5.75 Å². The average molecular weight is 291 g/mol. The first-order valence-electron chi connectivity index (χ1n) is 8.41. The second-order valence-corrected chi connectivity index (χ2v) is 5.75. The summed E-state index contributed by atoms with van der Waals surface area (Å²) in [5.41, 5.74) is 1.35. The summed E-state index contributed by atoms with van der Waals surface area (Å²) in [6.07, 6.45) is 7.16. The number of rotatable bonds is 9. The number of hydrogen-bond donors (Lipinski definition) is 1. The molecule has 1 aliphatic rings. The molecule has 2 rings (SSSR count). The summed E-state index contributed by atoms with van der Waals surface area (Å²) < 4.78 is 11.4. The van der Waals surface area contributed by atoms with Gasteiger partial charge in [-0.1, -0.05) is 25.5 Å². The number of ether oxygens (including phenoxy) is 2. The molecule has 3 nitrogen and oxygen atoms in total. The molecule has 118 valence electrons. The molecule has 0 amide bonds. The van der Waals surface area contributed by atoms with Crippen molar-refractivity contribution in [2.24, 2.45) is 0 Å². The second-order valence-electron chi connectivity index (χ2n) is 5.75. The van der Waals surface area contributed by atoms with E-state index in [1.165, 1.54) is 31.4 Å². The number of piperidine rings is 1. The fourth-order valence-corrected chi connectivity index (χ4v) is 2.67. The van der Waals surface area contributed by atoms with Crippen LogP contribution < -0.4 is 10.1 Å². The number of hydrogen-bond acceptors (Lipinski definition) is 3. The Kier molecular flexibility index (Phi) is 7.61. The molecule has 0 bridgehead atoms. The van der Waals surface area contributed by atoms with E-state index < -0.39 is 0 Å². The Balaban J connectivity index is 1.46. The van der Waals surface area contributed by atoms with Gasteiger partial charge in [-0.2, -0.15) is 0 Å². The van der Waals surface area contributed by atoms with Crippen molar-refractivity contribution in [2.75, 3.05) is 26.4 Å². The molecule has 1 aliphatic heterocycles. The van der Waals surface area contributed by atoms with Crippen LogP contribution in [-0.4, -0.2) is 32.4 Å². The van der Waals surface area contributed by atoms with Gasteiger partial charge >= 0.3 is 0 Å². The average Bonchev–Trinajstić information content (AvgIpc) is 2.55. The molecule has 3 heteroatoms. The topological polar surface area (TPSA) is 30.5 Å². The predicted octanol–water partition coefficient (Wildman–Crippen LogP) is 3.57. The zero-order chi connectivity index (χ0) is 14.8. The van der Waals surface area contributed by atoms with Crippen LogP contribution in [0.4, 0.5) is 0 Å². The minimum absolute atomic E-state index is 0.673. The highest BCUT2D eigenvalue weighted by atomic mass is 16.5. The van der Waals surface area contributed by atoms with Crippen LogP contribution >= 0.6 is 0 Å². The van der Waals surface area contributed by atoms with Crippen LogP contribution in [0.15, 0.2) is 24.3 Å². The van der Waals surface area contributed by atoms with Crippen molar-refractivity contribution in [1.29, 1.82) is 0 Å². The van der Waals surface area contributed by atoms with Gasteiger partial charge in [0.15, 0.2) is 0 Å². The van der Waals surface area contributed by atoms with E-state index in [1.54, 1.807) is 0 Å². The van der Waals surface area contributed by atoms with Crippen LogP contribution in [-0.2, 0) is 11.2 Å². The lowest BCUT2D eigenvalue weighted by Gasteiger charge is -2.23. The maximum absolute atomic E-state index is 5.71. The molecule has 1 aromatic rings. The van der Waals surface area contributed by atoms with Gasteiger partial charge in [0.25, 0.3) is 0 Å². The van der Waals surface area contributed by atoms with Gasteiger partial charge in [-0.25, -0.2) is 0 Å². The summed E-state index contributed by atoms with van der Waals surface area (Å²) >= 11 is 0. The number of nitrogens with one attached hydrogen (secondary N) is 1. The first kappa shape index (κ1) is 16.3. The van der Waals surface area contributed by atoms with E-state index in [0.717, 1.165) is 44.8 Å². The van der Waals surface area contributed by atoms with Crippen molar-refractivity contribution in [3.05, 3.63) is 29.8 Å². The van der Waals surface area contributed by atoms with Crippen molar-refractivity contribution in [3.8, 4) is 5.75 Å². The van der Waals surface area contributed by atoms with Gasteiger partial charge in [0, 0.05) is 25.7 Å². The van der Waals surface area contributed by atoms with E-state index in [4.69, 9.17) is 9.47 Å². The first-order valence-corrected chi connectivity index (χ1v) is 8.41. The zero-order valence-corrected chi connectivity index (χ0v) is 13.3. The van der Waals surface area contributed by atoms with Gasteiger partial charge in [-0.15, -0.1) is 0 Å². The number of aryl methyl sites for hydroxylation is 1. The SMILES string of the molecule is CCc1ccc(OCCCOCCC2CCCCN2)cc1. The minimum atomic E-state index is 0.673. The van der Waals surface area contributed by atoms with E-state index in [2.05, 4.69) is 36.5 Å². The summed E-state index contributed by atoms with van der Waals surface area (Å²) in [5, 5.41) is 3.55. The Hall–Kier alpha value is -1.06. The smallest absolute Gasteiger partial charge is 0.119 e. The predicted molar refractivity (Wildman–Crippen MR) is 87.0 cm³/mol. The maximum Gasteiger partial charge on any atom is 0.119 e. The van der Waals surface area contributed by atoms with Gasteiger partial charge in [0.1, 0.15) is 5.75 Å². The van der Waals surface area contributed by atoms with Crippen molar-refractivity contribution >= 4 is 0 Å². The van der Waals surface area contributed by atoms with Crippen LogP contribution in [0.3, 0.4) is 0 Å². The molecule has 0 aromatic heterocycles. The Morgan fingerprint density at radius 2 is 1.95 bits per heavy atom. The van der Waals surface area contributed by atoms with Gasteiger partial charge in [0.05, 0.1) is 6.61 Å². The lowest BCUT2D eigenvalue weighted by molar-refractivity contribution is 0.108. The van der Waals surface area contributed by atoms with Crippen LogP contribution in [0.2, 0.25) is 0 Å². The fraction of sp³-hybridized carbons (Fsp3) is 0.667. The minimum Gasteiger partial charge on any atom is -0.494 e. The molecule has 1 aromatic carbocycles. The van der Waals surface area contributed by atoms with Crippen molar-refractivity contribution < 1.29 is 9.47 Å². The molecule has 0 radical (unpaired) electrons. The maximum atomic E-state index is 5.71. The largest absolute Gasteiger partial charge is 0.494 e. The normalized spacial score (nSPS) is 18.6. The summed E-state index contributed by atoms with van der Waals surface area (Å²) in [6.45, 7) is 5.72. The lowest BCUT2D eigenvalue weighted by Crippen LogP contribution is -2.34. The lowest BCUT2D eigenvalue weighted by atomic mass is 10.0. The van der Waals surface area contributed by atoms with Crippen LogP contribution in [0.25, 0.3) is 0 Å². The van der Waals surface area contributed by atoms with Crippen molar-refractivity contribution in [1.82, 2.24) is 5.32 Å². The Bertz CT molecular complexity index is 371. The highest BCUT2D eigenvalue weighted by Gasteiger charge is 2.11. The number of benzene rings is 1. The van der Waals surface area contributed by atoms with Gasteiger partial charge < -0.3 is 14.8 Å². The molecule has 1 atom stereocenters. The van der Waals surface area contributed by atoms with Crippen molar-refractivity contribution in [3.63, 3.8) is 0 Å². The molecule has 1 N–H and O–H groups in total. The van der Waals surface area contributed by atoms with E-state index in [9.17, 15) is 0 Å². The molecule has 21 heavy (non-hydrogen) atoms. The Morgan fingerprint density at radius 1 is 1.10 bits per heavy atom. The summed E-state index contributed by atoms with van der Waals surface area (Å²) in [5.74, 6) is 0.957. The van der Waals surface area contributed by atoms with E-state index in [0.29, 0.717) is 6.04 Å². The highest BCUT2D eigenvalue weighted by molar-refractivity contribution is 5.27. The molecular formula is C18H29NO2. The zero-order valence-electron chi connectivity index (χ0n) is 13.3. The van der Waals surface area contributed by atoms with E-state index in [1.807, 2.05) is 0 Å². The molecule has 0 spiro atoms. The van der Waals surface area contributed by atoms with E-state index in [-0.39, 0.29) is 0 Å². The third-order valence-electron chi connectivity index (χ3n) is 4.06. The Morgan fingerprint density at radius 3 is 2.67 bits per heavy atom. The van der Waals surface area contributed by atoms with Gasteiger partial charge in [0.2, 0.25) is 0 Å². The highest BCUT2D eigenvalue weighted by Crippen LogP contribution is 2.13. The van der Waals surface area contributed by atoms with Gasteiger partial charge in [-0.05, 0) is 49.9 Å². The molecule has 1 unspecified atom stereocenters. The third kappa shape index (κ3) is 6.49. The molecular weight excluding hydrogens is 262 g/mol. The molecule has 1 fully saturated rings. The molecule has 1 saturated heterocycles. The summed E-state index contributed by atoms with van der Waals surface area (Å²) in [7, 11) is 0. The third-order valence-corrected chi connectivity index (χ3v) is 4.06. The van der Waals surface area contributed by atoms with Crippen molar-refractivity contribution in [2.45, 2.75) is 51.5 Å². The fourth-order valence-electron chi connectivity index (χ4n) is 2.67. The quantitative estimate of drug-likeness (QED) is 0.706. The monoisotopic (exact) mass is 291 g/mol. The Labute approximate surface area is 129 Å². The van der Waals surface area contributed by atoms with Crippen LogP contribution in [0.1, 0.15) is 44.6 Å². The molecule has 1 heterocycles. The van der Waals surface area contributed by atoms with E-state index >= 15 is 0 Å². The summed E-state index contributed by atoms with van der Waals surface area (Å²) in [6, 6.07) is 9.03. The molecule has 0 saturated carbocycles.